The van der Waals surface area contributed by atoms with Gasteiger partial charge in [-0.2, -0.15) is 0 Å². The number of amides is 1. The first-order chi connectivity index (χ1) is 14.1. The van der Waals surface area contributed by atoms with Crippen LogP contribution in [0.15, 0.2) is 58.7 Å². The molecule has 4 aromatic rings. The number of aryl methyl sites for hydroxylation is 1. The number of aromatic nitrogens is 3. The highest BCUT2D eigenvalue weighted by molar-refractivity contribution is 7.14. The van der Waals surface area contributed by atoms with E-state index in [4.69, 9.17) is 11.6 Å². The van der Waals surface area contributed by atoms with Gasteiger partial charge in [0.1, 0.15) is 5.82 Å². The van der Waals surface area contributed by atoms with Crippen LogP contribution in [-0.4, -0.2) is 20.9 Å². The molecule has 0 radical (unpaired) electrons. The van der Waals surface area contributed by atoms with Crippen molar-refractivity contribution in [2.45, 2.75) is 19.3 Å². The van der Waals surface area contributed by atoms with E-state index in [0.717, 1.165) is 11.3 Å². The van der Waals surface area contributed by atoms with E-state index in [2.05, 4.69) is 20.3 Å². The molecule has 0 fully saturated rings. The number of anilines is 1. The van der Waals surface area contributed by atoms with Gasteiger partial charge in [0.25, 0.3) is 5.56 Å². The number of H-pyrrole nitrogens is 1. The van der Waals surface area contributed by atoms with E-state index >= 15 is 0 Å². The number of hydrogen-bond acceptors (Lipinski definition) is 5. The molecule has 6 nitrogen and oxygen atoms in total. The molecule has 2 N–H and O–H groups in total. The molecule has 0 bridgehead atoms. The molecular weight excluding hydrogens is 408 g/mol. The lowest BCUT2D eigenvalue weighted by atomic mass is 10.2. The molecule has 4 rings (SSSR count). The molecule has 0 atom stereocenters. The van der Waals surface area contributed by atoms with Gasteiger partial charge in [-0.05, 0) is 24.6 Å². The van der Waals surface area contributed by atoms with Gasteiger partial charge in [0, 0.05) is 28.8 Å². The van der Waals surface area contributed by atoms with Crippen LogP contribution in [0.4, 0.5) is 5.13 Å². The lowest BCUT2D eigenvalue weighted by Gasteiger charge is -2.04. The summed E-state index contributed by atoms with van der Waals surface area (Å²) in [6.07, 6.45) is 1.38. The standard InChI is InChI=1S/C21H17ClN4O2S/c22-15-8-3-1-6-13(15)17-12-29-21(24-17)26-19(27)11-5-10-18-23-16-9-4-2-7-14(16)20(28)25-18/h1-4,6-9,12H,5,10-11H2,(H,23,25,28)(H,24,26,27). The maximum Gasteiger partial charge on any atom is 0.258 e. The Kier molecular flexibility index (Phi) is 5.69. The minimum atomic E-state index is -0.162. The molecule has 0 unspecified atom stereocenters. The van der Waals surface area contributed by atoms with Crippen molar-refractivity contribution in [2.75, 3.05) is 5.32 Å². The second-order valence-corrected chi connectivity index (χ2v) is 7.71. The van der Waals surface area contributed by atoms with Crippen LogP contribution in [0, 0.1) is 0 Å². The molecule has 0 saturated carbocycles. The summed E-state index contributed by atoms with van der Waals surface area (Å²) in [4.78, 5) is 36.0. The molecule has 146 valence electrons. The number of nitrogens with zero attached hydrogens (tertiary/aromatic N) is 2. The Bertz CT molecular complexity index is 1230. The quantitative estimate of drug-likeness (QED) is 0.471. The van der Waals surface area contributed by atoms with E-state index in [1.807, 2.05) is 29.6 Å². The lowest BCUT2D eigenvalue weighted by Crippen LogP contribution is -2.14. The van der Waals surface area contributed by atoms with E-state index in [0.29, 0.717) is 46.1 Å². The predicted molar refractivity (Wildman–Crippen MR) is 116 cm³/mol. The van der Waals surface area contributed by atoms with Crippen molar-refractivity contribution in [3.63, 3.8) is 0 Å². The summed E-state index contributed by atoms with van der Waals surface area (Å²) in [6, 6.07) is 14.6. The Morgan fingerprint density at radius 2 is 1.90 bits per heavy atom. The fourth-order valence-electron chi connectivity index (χ4n) is 2.98. The van der Waals surface area contributed by atoms with Gasteiger partial charge in [-0.1, -0.05) is 41.9 Å². The smallest absolute Gasteiger partial charge is 0.258 e. The average Bonchev–Trinajstić information content (AvgIpc) is 3.16. The molecule has 0 aliphatic heterocycles. The number of halogens is 1. The number of fused-ring (bicyclic) bond motifs is 1. The highest BCUT2D eigenvalue weighted by Crippen LogP contribution is 2.30. The Hall–Kier alpha value is -3.03. The SMILES string of the molecule is O=C(CCCc1nc2ccccc2c(=O)[nH]1)Nc1nc(-c2ccccc2Cl)cs1. The molecule has 0 saturated heterocycles. The topological polar surface area (TPSA) is 87.7 Å². The Morgan fingerprint density at radius 1 is 1.10 bits per heavy atom. The average molecular weight is 425 g/mol. The van der Waals surface area contributed by atoms with E-state index in [-0.39, 0.29) is 11.5 Å². The monoisotopic (exact) mass is 424 g/mol. The summed E-state index contributed by atoms with van der Waals surface area (Å²) in [5.74, 6) is 0.449. The van der Waals surface area contributed by atoms with E-state index in [1.54, 1.807) is 24.3 Å². The first kappa shape index (κ1) is 19.3. The summed E-state index contributed by atoms with van der Waals surface area (Å²) in [7, 11) is 0. The van der Waals surface area contributed by atoms with Crippen molar-refractivity contribution in [2.24, 2.45) is 0 Å². The molecule has 2 aromatic heterocycles. The summed E-state index contributed by atoms with van der Waals surface area (Å²) in [5.41, 5.74) is 2.06. The van der Waals surface area contributed by atoms with Crippen LogP contribution in [0.1, 0.15) is 18.7 Å². The van der Waals surface area contributed by atoms with E-state index in [1.165, 1.54) is 11.3 Å². The number of para-hydroxylation sites is 1. The number of rotatable bonds is 6. The minimum absolute atomic E-state index is 0.131. The van der Waals surface area contributed by atoms with Crippen LogP contribution in [0.2, 0.25) is 5.02 Å². The third kappa shape index (κ3) is 4.52. The molecule has 1 amide bonds. The van der Waals surface area contributed by atoms with Gasteiger partial charge in [0.15, 0.2) is 5.13 Å². The normalized spacial score (nSPS) is 10.9. The zero-order valence-corrected chi connectivity index (χ0v) is 16.9. The van der Waals surface area contributed by atoms with Gasteiger partial charge in [-0.25, -0.2) is 9.97 Å². The molecule has 8 heteroatoms. The summed E-state index contributed by atoms with van der Waals surface area (Å²) < 4.78 is 0. The van der Waals surface area contributed by atoms with Crippen LogP contribution in [0.5, 0.6) is 0 Å². The fourth-order valence-corrected chi connectivity index (χ4v) is 3.93. The lowest BCUT2D eigenvalue weighted by molar-refractivity contribution is -0.116. The van der Waals surface area contributed by atoms with E-state index < -0.39 is 0 Å². The molecule has 2 aromatic carbocycles. The van der Waals surface area contributed by atoms with Crippen molar-refractivity contribution in [3.8, 4) is 11.3 Å². The maximum atomic E-state index is 12.2. The van der Waals surface area contributed by atoms with Crippen molar-refractivity contribution < 1.29 is 4.79 Å². The first-order valence-corrected chi connectivity index (χ1v) is 10.3. The Balaban J connectivity index is 1.34. The van der Waals surface area contributed by atoms with Gasteiger partial charge in [-0.15, -0.1) is 11.3 Å². The number of thiazole rings is 1. The van der Waals surface area contributed by atoms with Crippen LogP contribution in [-0.2, 0) is 11.2 Å². The van der Waals surface area contributed by atoms with Crippen molar-refractivity contribution >= 4 is 44.9 Å². The van der Waals surface area contributed by atoms with Crippen LogP contribution < -0.4 is 10.9 Å². The molecule has 29 heavy (non-hydrogen) atoms. The number of carbonyl (C=O) groups excluding carboxylic acids is 1. The highest BCUT2D eigenvalue weighted by atomic mass is 35.5. The zero-order valence-electron chi connectivity index (χ0n) is 15.3. The van der Waals surface area contributed by atoms with Crippen LogP contribution in [0.25, 0.3) is 22.2 Å². The zero-order chi connectivity index (χ0) is 20.2. The maximum absolute atomic E-state index is 12.2. The van der Waals surface area contributed by atoms with Gasteiger partial charge >= 0.3 is 0 Å². The van der Waals surface area contributed by atoms with Gasteiger partial charge in [0.05, 0.1) is 16.6 Å². The highest BCUT2D eigenvalue weighted by Gasteiger charge is 2.11. The number of aromatic amines is 1. The number of hydrogen-bond donors (Lipinski definition) is 2. The summed E-state index contributed by atoms with van der Waals surface area (Å²) in [5, 5.41) is 6.38. The number of nitrogens with one attached hydrogen (secondary N) is 2. The fraction of sp³-hybridized carbons (Fsp3) is 0.143. The first-order valence-electron chi connectivity index (χ1n) is 9.08. The summed E-state index contributed by atoms with van der Waals surface area (Å²) >= 11 is 7.55. The van der Waals surface area contributed by atoms with Crippen LogP contribution in [0.3, 0.4) is 0 Å². The molecule has 0 aliphatic carbocycles. The number of carbonyl (C=O) groups is 1. The number of benzene rings is 2. The van der Waals surface area contributed by atoms with Gasteiger partial charge in [0.2, 0.25) is 5.91 Å². The van der Waals surface area contributed by atoms with Gasteiger partial charge < -0.3 is 10.3 Å². The Labute approximate surface area is 175 Å². The third-order valence-electron chi connectivity index (χ3n) is 4.38. The van der Waals surface area contributed by atoms with Crippen molar-refractivity contribution in [1.82, 2.24) is 15.0 Å². The second-order valence-electron chi connectivity index (χ2n) is 6.45. The van der Waals surface area contributed by atoms with E-state index in [9.17, 15) is 9.59 Å². The van der Waals surface area contributed by atoms with Gasteiger partial charge in [-0.3, -0.25) is 9.59 Å². The van der Waals surface area contributed by atoms with Crippen LogP contribution >= 0.6 is 22.9 Å². The molecule has 0 aliphatic rings. The predicted octanol–water partition coefficient (Wildman–Crippen LogP) is 4.66. The summed E-state index contributed by atoms with van der Waals surface area (Å²) in [6.45, 7) is 0. The van der Waals surface area contributed by atoms with Crippen molar-refractivity contribution in [3.05, 3.63) is 75.1 Å². The minimum Gasteiger partial charge on any atom is -0.310 e. The third-order valence-corrected chi connectivity index (χ3v) is 5.47. The largest absolute Gasteiger partial charge is 0.310 e. The second kappa shape index (κ2) is 8.55. The molecular formula is C21H17ClN4O2S. The molecule has 2 heterocycles. The Morgan fingerprint density at radius 3 is 2.76 bits per heavy atom. The van der Waals surface area contributed by atoms with Crippen molar-refractivity contribution in [1.29, 1.82) is 0 Å². The molecule has 0 spiro atoms.